The summed E-state index contributed by atoms with van der Waals surface area (Å²) in [5, 5.41) is 4.36. The van der Waals surface area contributed by atoms with Crippen LogP contribution in [0.15, 0.2) is 18.6 Å². The van der Waals surface area contributed by atoms with Gasteiger partial charge in [-0.2, -0.15) is 0 Å². The van der Waals surface area contributed by atoms with Crippen LogP contribution in [0.2, 0.25) is 0 Å². The molecule has 2 aromatic heterocycles. The predicted octanol–water partition coefficient (Wildman–Crippen LogP) is 2.21. The number of aromatic nitrogens is 3. The minimum atomic E-state index is 0.358. The Morgan fingerprint density at radius 3 is 2.94 bits per heavy atom. The maximum Gasteiger partial charge on any atom is 0.168 e. The Morgan fingerprint density at radius 2 is 2.31 bits per heavy atom. The van der Waals surface area contributed by atoms with Crippen molar-refractivity contribution in [3.8, 4) is 10.8 Å². The molecule has 2 heterocycles. The van der Waals surface area contributed by atoms with E-state index in [0.717, 1.165) is 17.4 Å². The number of nitrogens with one attached hydrogen (secondary N) is 1. The van der Waals surface area contributed by atoms with Crippen molar-refractivity contribution in [1.29, 1.82) is 0 Å². The van der Waals surface area contributed by atoms with Gasteiger partial charge in [-0.3, -0.25) is 0 Å². The van der Waals surface area contributed by atoms with Gasteiger partial charge in [0.15, 0.2) is 10.8 Å². The van der Waals surface area contributed by atoms with Crippen LogP contribution in [0.25, 0.3) is 10.8 Å². The second kappa shape index (κ2) is 4.76. The van der Waals surface area contributed by atoms with Crippen LogP contribution in [0.4, 0.5) is 0 Å². The molecule has 2 aromatic rings. The molecular formula is C11H16N4S. The Kier molecular flexibility index (Phi) is 3.36. The minimum absolute atomic E-state index is 0.358. The van der Waals surface area contributed by atoms with Crippen LogP contribution in [0.1, 0.15) is 24.8 Å². The molecule has 0 saturated heterocycles. The predicted molar refractivity (Wildman–Crippen MR) is 66.4 cm³/mol. The van der Waals surface area contributed by atoms with Crippen LogP contribution in [0.5, 0.6) is 0 Å². The first-order valence-electron chi connectivity index (χ1n) is 5.39. The Bertz CT molecular complexity index is 460. The van der Waals surface area contributed by atoms with E-state index in [-0.39, 0.29) is 0 Å². The molecule has 0 radical (unpaired) electrons. The molecular weight excluding hydrogens is 220 g/mol. The topological polar surface area (TPSA) is 42.7 Å². The van der Waals surface area contributed by atoms with E-state index in [1.165, 1.54) is 4.88 Å². The molecule has 0 amide bonds. The van der Waals surface area contributed by atoms with Gasteiger partial charge in [0.1, 0.15) is 0 Å². The Hall–Kier alpha value is -1.20. The number of aryl methyl sites for hydroxylation is 1. The smallest absolute Gasteiger partial charge is 0.168 e. The van der Waals surface area contributed by atoms with Crippen molar-refractivity contribution >= 4 is 11.3 Å². The first-order chi connectivity index (χ1) is 7.72. The van der Waals surface area contributed by atoms with Gasteiger partial charge in [0.05, 0.1) is 0 Å². The number of rotatable bonds is 4. The number of imidazole rings is 1. The number of thiazole rings is 1. The van der Waals surface area contributed by atoms with Gasteiger partial charge in [-0.1, -0.05) is 6.92 Å². The van der Waals surface area contributed by atoms with E-state index in [1.54, 1.807) is 17.5 Å². The highest BCUT2D eigenvalue weighted by molar-refractivity contribution is 7.15. The summed E-state index contributed by atoms with van der Waals surface area (Å²) in [5.74, 6) is 0.931. The molecule has 0 aliphatic carbocycles. The zero-order valence-corrected chi connectivity index (χ0v) is 10.6. The molecule has 0 spiro atoms. The van der Waals surface area contributed by atoms with E-state index in [9.17, 15) is 0 Å². The van der Waals surface area contributed by atoms with Crippen LogP contribution in [0.3, 0.4) is 0 Å². The van der Waals surface area contributed by atoms with Crippen molar-refractivity contribution in [3.63, 3.8) is 0 Å². The fourth-order valence-corrected chi connectivity index (χ4v) is 2.55. The van der Waals surface area contributed by atoms with Crippen molar-refractivity contribution in [2.75, 3.05) is 6.54 Å². The van der Waals surface area contributed by atoms with Gasteiger partial charge in [0.25, 0.3) is 0 Å². The highest BCUT2D eigenvalue weighted by atomic mass is 32.1. The van der Waals surface area contributed by atoms with E-state index in [2.05, 4.69) is 29.1 Å². The Balaban J connectivity index is 2.23. The lowest BCUT2D eigenvalue weighted by Crippen LogP contribution is -2.16. The molecule has 5 heteroatoms. The van der Waals surface area contributed by atoms with Crippen molar-refractivity contribution in [2.24, 2.45) is 7.05 Å². The van der Waals surface area contributed by atoms with Crippen molar-refractivity contribution in [1.82, 2.24) is 19.9 Å². The fourth-order valence-electron chi connectivity index (χ4n) is 1.57. The molecule has 1 N–H and O–H groups in total. The lowest BCUT2D eigenvalue weighted by atomic mass is 10.3. The van der Waals surface area contributed by atoms with E-state index in [4.69, 9.17) is 0 Å². The second-order valence-electron chi connectivity index (χ2n) is 3.71. The number of hydrogen-bond donors (Lipinski definition) is 1. The van der Waals surface area contributed by atoms with Crippen molar-refractivity contribution in [2.45, 2.75) is 19.9 Å². The standard InChI is InChI=1S/C11H16N4S/c1-4-12-8(2)9-7-14-11(16-9)10-13-5-6-15(10)3/h5-8,12H,4H2,1-3H3. The molecule has 0 bridgehead atoms. The molecule has 1 atom stereocenters. The van der Waals surface area contributed by atoms with E-state index >= 15 is 0 Å². The van der Waals surface area contributed by atoms with Crippen LogP contribution in [-0.2, 0) is 7.05 Å². The Morgan fingerprint density at radius 1 is 1.50 bits per heavy atom. The maximum absolute atomic E-state index is 4.42. The third kappa shape index (κ3) is 2.15. The van der Waals surface area contributed by atoms with Crippen LogP contribution in [0, 0.1) is 0 Å². The molecule has 2 rings (SSSR count). The van der Waals surface area contributed by atoms with Gasteiger partial charge in [-0.25, -0.2) is 9.97 Å². The van der Waals surface area contributed by atoms with Gasteiger partial charge in [-0.15, -0.1) is 11.3 Å². The second-order valence-corrected chi connectivity index (χ2v) is 4.77. The zero-order chi connectivity index (χ0) is 11.5. The Labute approximate surface area is 99.4 Å². The molecule has 0 saturated carbocycles. The summed E-state index contributed by atoms with van der Waals surface area (Å²) in [6.07, 6.45) is 5.66. The van der Waals surface area contributed by atoms with Crippen molar-refractivity contribution < 1.29 is 0 Å². The minimum Gasteiger partial charge on any atom is -0.332 e. The van der Waals surface area contributed by atoms with Crippen molar-refractivity contribution in [3.05, 3.63) is 23.5 Å². The van der Waals surface area contributed by atoms with Gasteiger partial charge in [-0.05, 0) is 13.5 Å². The average molecular weight is 236 g/mol. The lowest BCUT2D eigenvalue weighted by molar-refractivity contribution is 0.606. The highest BCUT2D eigenvalue weighted by Gasteiger charge is 2.12. The summed E-state index contributed by atoms with van der Waals surface area (Å²) in [7, 11) is 1.98. The zero-order valence-electron chi connectivity index (χ0n) is 9.77. The summed E-state index contributed by atoms with van der Waals surface area (Å²) in [6.45, 7) is 5.23. The van der Waals surface area contributed by atoms with Crippen LogP contribution in [-0.4, -0.2) is 21.1 Å². The molecule has 0 aliphatic rings. The van der Waals surface area contributed by atoms with Gasteiger partial charge >= 0.3 is 0 Å². The largest absolute Gasteiger partial charge is 0.332 e. The van der Waals surface area contributed by atoms with Crippen LogP contribution < -0.4 is 5.32 Å². The molecule has 1 unspecified atom stereocenters. The number of nitrogens with zero attached hydrogens (tertiary/aromatic N) is 3. The lowest BCUT2D eigenvalue weighted by Gasteiger charge is -2.08. The highest BCUT2D eigenvalue weighted by Crippen LogP contribution is 2.27. The summed E-state index contributed by atoms with van der Waals surface area (Å²) >= 11 is 1.70. The molecule has 0 aromatic carbocycles. The first kappa shape index (κ1) is 11.3. The molecule has 4 nitrogen and oxygen atoms in total. The quantitative estimate of drug-likeness (QED) is 0.885. The van der Waals surface area contributed by atoms with Crippen LogP contribution >= 0.6 is 11.3 Å². The number of hydrogen-bond acceptors (Lipinski definition) is 4. The average Bonchev–Trinajstić information content (AvgIpc) is 2.86. The van der Waals surface area contributed by atoms with Gasteiger partial charge in [0.2, 0.25) is 0 Å². The molecule has 16 heavy (non-hydrogen) atoms. The summed E-state index contributed by atoms with van der Waals surface area (Å²) in [5.41, 5.74) is 0. The monoisotopic (exact) mass is 236 g/mol. The molecule has 0 aliphatic heterocycles. The molecule has 86 valence electrons. The van der Waals surface area contributed by atoms with Gasteiger partial charge in [0, 0.05) is 36.6 Å². The van der Waals surface area contributed by atoms with E-state index in [1.807, 2.05) is 24.0 Å². The third-order valence-electron chi connectivity index (χ3n) is 2.47. The van der Waals surface area contributed by atoms with E-state index < -0.39 is 0 Å². The summed E-state index contributed by atoms with van der Waals surface area (Å²) in [6, 6.07) is 0.358. The summed E-state index contributed by atoms with van der Waals surface area (Å²) < 4.78 is 1.99. The summed E-state index contributed by atoms with van der Waals surface area (Å²) in [4.78, 5) is 9.96. The maximum atomic E-state index is 4.42. The van der Waals surface area contributed by atoms with Gasteiger partial charge < -0.3 is 9.88 Å². The first-order valence-corrected chi connectivity index (χ1v) is 6.20. The fraction of sp³-hybridized carbons (Fsp3) is 0.455. The normalized spacial score (nSPS) is 12.9. The third-order valence-corrected chi connectivity index (χ3v) is 3.65. The SMILES string of the molecule is CCNC(C)c1cnc(-c2nccn2C)s1. The molecule has 0 fully saturated rings. The van der Waals surface area contributed by atoms with E-state index in [0.29, 0.717) is 6.04 Å².